The number of carboxylic acid groups (broad SMARTS) is 1. The van der Waals surface area contributed by atoms with E-state index in [-0.39, 0.29) is 6.04 Å². The van der Waals surface area contributed by atoms with E-state index in [2.05, 4.69) is 30.7 Å². The van der Waals surface area contributed by atoms with Crippen LogP contribution in [0.2, 0.25) is 0 Å². The number of rotatable bonds is 3. The first-order valence-corrected chi connectivity index (χ1v) is 5.66. The minimum Gasteiger partial charge on any atom is -0.480 e. The molecule has 4 nitrogen and oxygen atoms in total. The molecular weight excluding hydrogens is 192 g/mol. The van der Waals surface area contributed by atoms with Gasteiger partial charge in [0.1, 0.15) is 6.04 Å². The van der Waals surface area contributed by atoms with Crippen LogP contribution in [-0.2, 0) is 4.79 Å². The van der Waals surface area contributed by atoms with Crippen molar-refractivity contribution >= 4 is 5.97 Å². The van der Waals surface area contributed by atoms with Gasteiger partial charge in [0.2, 0.25) is 0 Å². The Hall–Kier alpha value is -0.610. The van der Waals surface area contributed by atoms with Crippen molar-refractivity contribution in [1.29, 1.82) is 0 Å². The van der Waals surface area contributed by atoms with Gasteiger partial charge < -0.3 is 5.11 Å². The Balaban J connectivity index is 2.67. The molecular formula is C11H22N2O2. The summed E-state index contributed by atoms with van der Waals surface area (Å²) in [5, 5.41) is 9.11. The normalized spacial score (nSPS) is 31.5. The first kappa shape index (κ1) is 12.5. The lowest BCUT2D eigenvalue weighted by Crippen LogP contribution is -2.58. The van der Waals surface area contributed by atoms with E-state index in [1.807, 2.05) is 6.92 Å². The minimum absolute atomic E-state index is 0.316. The number of carboxylic acids is 1. The molecule has 1 unspecified atom stereocenters. The molecule has 0 aromatic rings. The smallest absolute Gasteiger partial charge is 0.320 e. The van der Waals surface area contributed by atoms with E-state index in [1.165, 1.54) is 0 Å². The molecule has 0 spiro atoms. The third-order valence-corrected chi connectivity index (χ3v) is 3.50. The molecule has 1 rings (SSSR count). The second kappa shape index (κ2) is 4.94. The highest BCUT2D eigenvalue weighted by molar-refractivity contribution is 5.73. The Kier molecular flexibility index (Phi) is 4.11. The van der Waals surface area contributed by atoms with Crippen molar-refractivity contribution in [3.63, 3.8) is 0 Å². The van der Waals surface area contributed by atoms with Crippen LogP contribution in [0.25, 0.3) is 0 Å². The molecule has 4 heteroatoms. The van der Waals surface area contributed by atoms with Gasteiger partial charge in [0, 0.05) is 25.2 Å². The molecule has 1 fully saturated rings. The number of hydrogen-bond acceptors (Lipinski definition) is 3. The van der Waals surface area contributed by atoms with Crippen LogP contribution in [0.5, 0.6) is 0 Å². The summed E-state index contributed by atoms with van der Waals surface area (Å²) < 4.78 is 0. The average Bonchev–Trinajstić information content (AvgIpc) is 2.14. The molecule has 1 N–H and O–H groups in total. The Morgan fingerprint density at radius 2 is 1.87 bits per heavy atom. The van der Waals surface area contributed by atoms with E-state index in [9.17, 15) is 4.79 Å². The number of aliphatic carboxylic acids is 1. The van der Waals surface area contributed by atoms with Crippen LogP contribution in [-0.4, -0.2) is 59.1 Å². The number of nitrogens with zero attached hydrogens (tertiary/aromatic N) is 2. The van der Waals surface area contributed by atoms with Crippen LogP contribution in [0, 0.1) is 0 Å². The highest BCUT2D eigenvalue weighted by Gasteiger charge is 2.32. The summed E-state index contributed by atoms with van der Waals surface area (Å²) in [6.07, 6.45) is 0.679. The predicted octanol–water partition coefficient (Wildman–Crippen LogP) is 0.874. The minimum atomic E-state index is -0.693. The van der Waals surface area contributed by atoms with Gasteiger partial charge in [0.15, 0.2) is 0 Å². The molecule has 0 radical (unpaired) electrons. The van der Waals surface area contributed by atoms with Gasteiger partial charge in [-0.05, 0) is 27.3 Å². The van der Waals surface area contributed by atoms with Crippen LogP contribution in [0.15, 0.2) is 0 Å². The Labute approximate surface area is 91.9 Å². The maximum Gasteiger partial charge on any atom is 0.320 e. The van der Waals surface area contributed by atoms with Gasteiger partial charge in [-0.1, -0.05) is 6.92 Å². The van der Waals surface area contributed by atoms with Gasteiger partial charge in [-0.25, -0.2) is 0 Å². The molecule has 0 bridgehead atoms. The standard InChI is InChI=1S/C11H22N2O2/c1-5-10(11(14)15)13-6-8(2)12(4)9(3)7-13/h8-10H,5-7H2,1-4H3,(H,14,15)/t8-,9+,10?. The molecule has 15 heavy (non-hydrogen) atoms. The first-order chi connectivity index (χ1) is 6.97. The maximum absolute atomic E-state index is 11.1. The molecule has 88 valence electrons. The Morgan fingerprint density at radius 3 is 2.20 bits per heavy atom. The monoisotopic (exact) mass is 214 g/mol. The molecule has 0 amide bonds. The number of hydrogen-bond donors (Lipinski definition) is 1. The largest absolute Gasteiger partial charge is 0.480 e. The van der Waals surface area contributed by atoms with Gasteiger partial charge in [-0.2, -0.15) is 0 Å². The van der Waals surface area contributed by atoms with Gasteiger partial charge in [-0.3, -0.25) is 14.6 Å². The number of piperazine rings is 1. The summed E-state index contributed by atoms with van der Waals surface area (Å²) in [5.74, 6) is -0.693. The van der Waals surface area contributed by atoms with Crippen LogP contribution in [0.4, 0.5) is 0 Å². The summed E-state index contributed by atoms with van der Waals surface area (Å²) >= 11 is 0. The van der Waals surface area contributed by atoms with Crippen LogP contribution in [0.3, 0.4) is 0 Å². The zero-order chi connectivity index (χ0) is 11.6. The highest BCUT2D eigenvalue weighted by atomic mass is 16.4. The fourth-order valence-electron chi connectivity index (χ4n) is 2.29. The zero-order valence-electron chi connectivity index (χ0n) is 10.1. The maximum atomic E-state index is 11.1. The van der Waals surface area contributed by atoms with Crippen molar-refractivity contribution in [2.75, 3.05) is 20.1 Å². The lowest BCUT2D eigenvalue weighted by molar-refractivity contribution is -0.145. The summed E-state index contributed by atoms with van der Waals surface area (Å²) in [6, 6.07) is 0.549. The van der Waals surface area contributed by atoms with E-state index in [4.69, 9.17) is 5.11 Å². The van der Waals surface area contributed by atoms with Crippen molar-refractivity contribution < 1.29 is 9.90 Å². The fraction of sp³-hybridized carbons (Fsp3) is 0.909. The number of likely N-dealkylation sites (N-methyl/N-ethyl adjacent to an activating group) is 1. The highest BCUT2D eigenvalue weighted by Crippen LogP contribution is 2.17. The van der Waals surface area contributed by atoms with Crippen molar-refractivity contribution in [2.45, 2.75) is 45.3 Å². The summed E-state index contributed by atoms with van der Waals surface area (Å²) in [5.41, 5.74) is 0. The van der Waals surface area contributed by atoms with E-state index in [1.54, 1.807) is 0 Å². The molecule has 0 aromatic heterocycles. The third-order valence-electron chi connectivity index (χ3n) is 3.50. The van der Waals surface area contributed by atoms with Gasteiger partial charge >= 0.3 is 5.97 Å². The van der Waals surface area contributed by atoms with Crippen molar-refractivity contribution in [3.05, 3.63) is 0 Å². The lowest BCUT2D eigenvalue weighted by Gasteiger charge is -2.44. The van der Waals surface area contributed by atoms with Crippen molar-refractivity contribution in [1.82, 2.24) is 9.80 Å². The van der Waals surface area contributed by atoms with Crippen LogP contribution in [0.1, 0.15) is 27.2 Å². The van der Waals surface area contributed by atoms with Gasteiger partial charge in [0.25, 0.3) is 0 Å². The third kappa shape index (κ3) is 2.69. The molecule has 0 aromatic carbocycles. The molecule has 0 saturated carbocycles. The van der Waals surface area contributed by atoms with Gasteiger partial charge in [-0.15, -0.1) is 0 Å². The second-order valence-electron chi connectivity index (χ2n) is 4.58. The van der Waals surface area contributed by atoms with E-state index in [0.717, 1.165) is 13.1 Å². The molecule has 1 aliphatic heterocycles. The second-order valence-corrected chi connectivity index (χ2v) is 4.58. The molecule has 1 saturated heterocycles. The predicted molar refractivity (Wildman–Crippen MR) is 60.0 cm³/mol. The molecule has 3 atom stereocenters. The quantitative estimate of drug-likeness (QED) is 0.757. The molecule has 0 aliphatic carbocycles. The Morgan fingerprint density at radius 1 is 1.40 bits per heavy atom. The van der Waals surface area contributed by atoms with E-state index in [0.29, 0.717) is 18.5 Å². The van der Waals surface area contributed by atoms with Crippen molar-refractivity contribution in [3.8, 4) is 0 Å². The topological polar surface area (TPSA) is 43.8 Å². The van der Waals surface area contributed by atoms with Crippen molar-refractivity contribution in [2.24, 2.45) is 0 Å². The first-order valence-electron chi connectivity index (χ1n) is 5.66. The van der Waals surface area contributed by atoms with Crippen LogP contribution >= 0.6 is 0 Å². The average molecular weight is 214 g/mol. The summed E-state index contributed by atoms with van der Waals surface area (Å²) in [7, 11) is 2.11. The number of carbonyl (C=O) groups is 1. The van der Waals surface area contributed by atoms with E-state index < -0.39 is 5.97 Å². The SMILES string of the molecule is CCC(C(=O)O)N1C[C@@H](C)N(C)[C@@H](C)C1. The molecule has 1 heterocycles. The Bertz CT molecular complexity index is 221. The molecule has 1 aliphatic rings. The fourth-order valence-corrected chi connectivity index (χ4v) is 2.29. The lowest BCUT2D eigenvalue weighted by atomic mass is 10.1. The zero-order valence-corrected chi connectivity index (χ0v) is 10.1. The summed E-state index contributed by atoms with van der Waals surface area (Å²) in [4.78, 5) is 15.5. The van der Waals surface area contributed by atoms with E-state index >= 15 is 0 Å². The van der Waals surface area contributed by atoms with Gasteiger partial charge in [0.05, 0.1) is 0 Å². The van der Waals surface area contributed by atoms with Crippen LogP contribution < -0.4 is 0 Å². The summed E-state index contributed by atoms with van der Waals surface area (Å²) in [6.45, 7) is 7.94.